The van der Waals surface area contributed by atoms with Crippen molar-refractivity contribution in [3.63, 3.8) is 0 Å². The topological polar surface area (TPSA) is 77.1 Å². The number of hydrogen-bond donors (Lipinski definition) is 1. The van der Waals surface area contributed by atoms with Crippen molar-refractivity contribution in [2.45, 2.75) is 27.3 Å². The molecular formula is C13H17N5O2. The Kier molecular flexibility index (Phi) is 2.60. The van der Waals surface area contributed by atoms with E-state index in [1.165, 1.54) is 9.13 Å². The average Bonchev–Trinajstić information content (AvgIpc) is 2.87. The first-order valence-electron chi connectivity index (χ1n) is 6.57. The van der Waals surface area contributed by atoms with Gasteiger partial charge in [0.25, 0.3) is 5.56 Å². The number of H-pyrrole nitrogens is 1. The Balaban J connectivity index is 2.50. The zero-order chi connectivity index (χ0) is 14.6. The Morgan fingerprint density at radius 3 is 2.70 bits per heavy atom. The lowest BCUT2D eigenvalue weighted by molar-refractivity contribution is 0.484. The number of imidazole rings is 2. The minimum Gasteiger partial charge on any atom is -0.328 e. The third kappa shape index (κ3) is 1.62. The van der Waals surface area contributed by atoms with Crippen molar-refractivity contribution >= 4 is 16.9 Å². The van der Waals surface area contributed by atoms with Gasteiger partial charge in [-0.25, -0.2) is 4.79 Å². The second-order valence-corrected chi connectivity index (χ2v) is 5.57. The van der Waals surface area contributed by atoms with Crippen LogP contribution in [0.5, 0.6) is 0 Å². The normalized spacial score (nSPS) is 12.1. The van der Waals surface area contributed by atoms with Crippen molar-refractivity contribution in [3.8, 4) is 0 Å². The molecule has 0 saturated carbocycles. The molecule has 0 aliphatic heterocycles. The van der Waals surface area contributed by atoms with Crippen LogP contribution in [0.3, 0.4) is 0 Å². The van der Waals surface area contributed by atoms with Crippen molar-refractivity contribution in [2.75, 3.05) is 0 Å². The lowest BCUT2D eigenvalue weighted by Gasteiger charge is -2.09. The molecule has 7 heteroatoms. The Bertz CT molecular complexity index is 922. The van der Waals surface area contributed by atoms with Gasteiger partial charge in [-0.2, -0.15) is 4.98 Å². The van der Waals surface area contributed by atoms with Crippen molar-refractivity contribution in [1.29, 1.82) is 0 Å². The van der Waals surface area contributed by atoms with Crippen LogP contribution in [0.2, 0.25) is 0 Å². The fourth-order valence-electron chi connectivity index (χ4n) is 2.48. The number of aryl methyl sites for hydroxylation is 2. The van der Waals surface area contributed by atoms with Gasteiger partial charge in [0, 0.05) is 25.5 Å². The SMILES string of the molecule is Cc1cn2c(nc3c2c(=O)n(CC(C)C)c(=O)n3C)[nH]1. The maximum absolute atomic E-state index is 12.6. The van der Waals surface area contributed by atoms with E-state index in [4.69, 9.17) is 0 Å². The molecule has 0 aromatic carbocycles. The van der Waals surface area contributed by atoms with Gasteiger partial charge in [-0.05, 0) is 12.8 Å². The summed E-state index contributed by atoms with van der Waals surface area (Å²) in [6, 6.07) is 0. The van der Waals surface area contributed by atoms with Gasteiger partial charge < -0.3 is 4.98 Å². The molecule has 3 rings (SSSR count). The minimum atomic E-state index is -0.325. The molecule has 0 unspecified atom stereocenters. The lowest BCUT2D eigenvalue weighted by atomic mass is 10.2. The fourth-order valence-corrected chi connectivity index (χ4v) is 2.48. The molecule has 0 fully saturated rings. The van der Waals surface area contributed by atoms with Crippen LogP contribution < -0.4 is 11.2 Å². The first-order valence-corrected chi connectivity index (χ1v) is 6.57. The Morgan fingerprint density at radius 2 is 2.05 bits per heavy atom. The van der Waals surface area contributed by atoms with Crippen molar-refractivity contribution < 1.29 is 0 Å². The Labute approximate surface area is 114 Å². The highest BCUT2D eigenvalue weighted by molar-refractivity contribution is 5.75. The van der Waals surface area contributed by atoms with Gasteiger partial charge in [0.2, 0.25) is 5.78 Å². The summed E-state index contributed by atoms with van der Waals surface area (Å²) in [6.07, 6.45) is 1.82. The van der Waals surface area contributed by atoms with E-state index >= 15 is 0 Å². The summed E-state index contributed by atoms with van der Waals surface area (Å²) in [6.45, 7) is 6.25. The molecule has 20 heavy (non-hydrogen) atoms. The fraction of sp³-hybridized carbons (Fsp3) is 0.462. The van der Waals surface area contributed by atoms with Crippen LogP contribution >= 0.6 is 0 Å². The first kappa shape index (κ1) is 12.7. The number of aromatic nitrogens is 5. The van der Waals surface area contributed by atoms with Crippen LogP contribution in [0, 0.1) is 12.8 Å². The summed E-state index contributed by atoms with van der Waals surface area (Å²) in [5, 5.41) is 0. The first-order chi connectivity index (χ1) is 9.40. The molecule has 0 amide bonds. The zero-order valence-corrected chi connectivity index (χ0v) is 12.0. The van der Waals surface area contributed by atoms with Gasteiger partial charge in [-0.15, -0.1) is 0 Å². The van der Waals surface area contributed by atoms with E-state index in [1.54, 1.807) is 11.4 Å². The van der Waals surface area contributed by atoms with E-state index in [2.05, 4.69) is 9.97 Å². The van der Waals surface area contributed by atoms with Gasteiger partial charge in [0.1, 0.15) is 0 Å². The molecule has 0 atom stereocenters. The number of rotatable bonds is 2. The summed E-state index contributed by atoms with van der Waals surface area (Å²) in [7, 11) is 1.64. The van der Waals surface area contributed by atoms with Crippen LogP contribution in [-0.4, -0.2) is 23.5 Å². The van der Waals surface area contributed by atoms with E-state index in [-0.39, 0.29) is 17.2 Å². The second-order valence-electron chi connectivity index (χ2n) is 5.57. The van der Waals surface area contributed by atoms with Gasteiger partial charge in [0.15, 0.2) is 11.2 Å². The number of hydrogen-bond acceptors (Lipinski definition) is 3. The Hall–Kier alpha value is -2.31. The smallest absolute Gasteiger partial charge is 0.328 e. The summed E-state index contributed by atoms with van der Waals surface area (Å²) < 4.78 is 4.42. The zero-order valence-electron chi connectivity index (χ0n) is 12.0. The highest BCUT2D eigenvalue weighted by Gasteiger charge is 2.18. The van der Waals surface area contributed by atoms with Gasteiger partial charge in [0.05, 0.1) is 0 Å². The van der Waals surface area contributed by atoms with Crippen molar-refractivity contribution in [3.05, 3.63) is 32.7 Å². The van der Waals surface area contributed by atoms with Gasteiger partial charge in [-0.1, -0.05) is 13.8 Å². The standard InChI is InChI=1S/C13H17N5O2/c1-7(2)5-18-11(19)9-10(16(4)13(18)20)15-12-14-8(3)6-17(9)12/h6-7H,5H2,1-4H3,(H,14,15). The monoisotopic (exact) mass is 275 g/mol. The van der Waals surface area contributed by atoms with E-state index in [9.17, 15) is 9.59 Å². The van der Waals surface area contributed by atoms with Crippen molar-refractivity contribution in [1.82, 2.24) is 23.5 Å². The number of fused-ring (bicyclic) bond motifs is 3. The lowest BCUT2D eigenvalue weighted by Crippen LogP contribution is -2.40. The quantitative estimate of drug-likeness (QED) is 0.745. The molecule has 0 aliphatic carbocycles. The highest BCUT2D eigenvalue weighted by atomic mass is 16.2. The third-order valence-electron chi connectivity index (χ3n) is 3.36. The van der Waals surface area contributed by atoms with Crippen LogP contribution in [0.25, 0.3) is 16.9 Å². The van der Waals surface area contributed by atoms with E-state index in [0.717, 1.165) is 5.69 Å². The molecule has 0 saturated heterocycles. The molecule has 3 aromatic heterocycles. The average molecular weight is 275 g/mol. The number of nitrogens with zero attached hydrogens (tertiary/aromatic N) is 4. The molecule has 106 valence electrons. The molecule has 0 spiro atoms. The summed E-state index contributed by atoms with van der Waals surface area (Å²) in [4.78, 5) is 32.3. The summed E-state index contributed by atoms with van der Waals surface area (Å²) in [5.41, 5.74) is 1.15. The molecule has 1 N–H and O–H groups in total. The maximum atomic E-state index is 12.6. The van der Waals surface area contributed by atoms with E-state index in [1.807, 2.05) is 27.0 Å². The predicted molar refractivity (Wildman–Crippen MR) is 76.1 cm³/mol. The van der Waals surface area contributed by atoms with E-state index < -0.39 is 0 Å². The maximum Gasteiger partial charge on any atom is 0.332 e. The number of aromatic amines is 1. The molecule has 0 bridgehead atoms. The molecule has 7 nitrogen and oxygen atoms in total. The molecule has 0 aliphatic rings. The predicted octanol–water partition coefficient (Wildman–Crippen LogP) is 0.640. The summed E-state index contributed by atoms with van der Waals surface area (Å²) in [5.74, 6) is 0.793. The van der Waals surface area contributed by atoms with Gasteiger partial charge in [-0.3, -0.25) is 18.3 Å². The molecule has 3 aromatic rings. The summed E-state index contributed by atoms with van der Waals surface area (Å²) >= 11 is 0. The van der Waals surface area contributed by atoms with Gasteiger partial charge >= 0.3 is 5.69 Å². The van der Waals surface area contributed by atoms with Crippen LogP contribution in [0.1, 0.15) is 19.5 Å². The van der Waals surface area contributed by atoms with Crippen LogP contribution in [0.4, 0.5) is 0 Å². The highest BCUT2D eigenvalue weighted by Crippen LogP contribution is 2.11. The largest absolute Gasteiger partial charge is 0.332 e. The molecule has 0 radical (unpaired) electrons. The van der Waals surface area contributed by atoms with Crippen LogP contribution in [0.15, 0.2) is 15.8 Å². The Morgan fingerprint density at radius 1 is 1.35 bits per heavy atom. The number of nitrogens with one attached hydrogen (secondary N) is 1. The molecule has 3 heterocycles. The third-order valence-corrected chi connectivity index (χ3v) is 3.36. The second kappa shape index (κ2) is 4.09. The van der Waals surface area contributed by atoms with E-state index in [0.29, 0.717) is 23.5 Å². The minimum absolute atomic E-state index is 0.217. The van der Waals surface area contributed by atoms with Crippen LogP contribution in [-0.2, 0) is 13.6 Å². The van der Waals surface area contributed by atoms with Crippen molar-refractivity contribution in [2.24, 2.45) is 13.0 Å². The molecular weight excluding hydrogens is 258 g/mol.